The van der Waals surface area contributed by atoms with Crippen LogP contribution < -0.4 is 5.73 Å². The number of anilines is 1. The van der Waals surface area contributed by atoms with Crippen LogP contribution in [0.15, 0.2) is 0 Å². The molecule has 1 atom stereocenters. The van der Waals surface area contributed by atoms with Crippen molar-refractivity contribution < 1.29 is 9.90 Å². The van der Waals surface area contributed by atoms with Crippen molar-refractivity contribution in [2.45, 2.75) is 25.9 Å². The highest BCUT2D eigenvalue weighted by Crippen LogP contribution is 2.19. The summed E-state index contributed by atoms with van der Waals surface area (Å²) in [6, 6.07) is 0. The maximum absolute atomic E-state index is 12.3. The van der Waals surface area contributed by atoms with Gasteiger partial charge in [-0.2, -0.15) is 5.10 Å². The molecule has 0 bridgehead atoms. The van der Waals surface area contributed by atoms with Gasteiger partial charge >= 0.3 is 0 Å². The average Bonchev–Trinajstić information content (AvgIpc) is 2.52. The fraction of sp³-hybridized carbons (Fsp3) is 0.636. The highest BCUT2D eigenvalue weighted by atomic mass is 16.3. The molecule has 1 aromatic heterocycles. The third-order valence-electron chi connectivity index (χ3n) is 3.15. The van der Waals surface area contributed by atoms with E-state index in [0.29, 0.717) is 30.2 Å². The first-order valence-electron chi connectivity index (χ1n) is 5.77. The summed E-state index contributed by atoms with van der Waals surface area (Å²) in [5.41, 5.74) is 7.35. The zero-order valence-corrected chi connectivity index (χ0v) is 10.2. The van der Waals surface area contributed by atoms with E-state index in [1.807, 2.05) is 0 Å². The van der Waals surface area contributed by atoms with Crippen LogP contribution >= 0.6 is 0 Å². The van der Waals surface area contributed by atoms with Crippen molar-refractivity contribution in [3.8, 4) is 0 Å². The number of nitrogens with two attached hydrogens (primary N) is 1. The number of amides is 1. The van der Waals surface area contributed by atoms with Crippen LogP contribution in [-0.2, 0) is 7.05 Å². The highest BCUT2D eigenvalue weighted by molar-refractivity contribution is 5.98. The number of hydrogen-bond acceptors (Lipinski definition) is 4. The van der Waals surface area contributed by atoms with Crippen LogP contribution in [0.1, 0.15) is 29.0 Å². The molecule has 6 nitrogen and oxygen atoms in total. The number of likely N-dealkylation sites (tertiary alicyclic amines) is 1. The molecule has 1 saturated heterocycles. The van der Waals surface area contributed by atoms with Crippen LogP contribution in [-0.4, -0.2) is 44.9 Å². The standard InChI is InChI=1S/C11H18N4O2/c1-7-9(12)10(14(2)13-7)11(17)15-5-3-4-8(16)6-15/h8,16H,3-6,12H2,1-2H3. The van der Waals surface area contributed by atoms with Crippen LogP contribution in [0.2, 0.25) is 0 Å². The molecule has 2 heterocycles. The first-order chi connectivity index (χ1) is 8.00. The molecule has 17 heavy (non-hydrogen) atoms. The molecular weight excluding hydrogens is 220 g/mol. The lowest BCUT2D eigenvalue weighted by Gasteiger charge is -2.30. The molecule has 0 spiro atoms. The smallest absolute Gasteiger partial charge is 0.274 e. The van der Waals surface area contributed by atoms with Crippen LogP contribution in [0.25, 0.3) is 0 Å². The van der Waals surface area contributed by atoms with Crippen molar-refractivity contribution in [3.63, 3.8) is 0 Å². The SMILES string of the molecule is Cc1nn(C)c(C(=O)N2CCCC(O)C2)c1N. The summed E-state index contributed by atoms with van der Waals surface area (Å²) >= 11 is 0. The van der Waals surface area contributed by atoms with Gasteiger partial charge < -0.3 is 15.7 Å². The second-order valence-electron chi connectivity index (χ2n) is 4.52. The molecule has 0 radical (unpaired) electrons. The van der Waals surface area contributed by atoms with Gasteiger partial charge in [0.2, 0.25) is 0 Å². The predicted octanol–water partition coefficient (Wildman–Crippen LogP) is -0.0924. The van der Waals surface area contributed by atoms with Gasteiger partial charge in [0, 0.05) is 20.1 Å². The van der Waals surface area contributed by atoms with Crippen molar-refractivity contribution in [2.24, 2.45) is 7.05 Å². The number of rotatable bonds is 1. The summed E-state index contributed by atoms with van der Waals surface area (Å²) in [5.74, 6) is -0.149. The quantitative estimate of drug-likeness (QED) is 0.716. The zero-order valence-electron chi connectivity index (χ0n) is 10.2. The van der Waals surface area contributed by atoms with Gasteiger partial charge in [0.25, 0.3) is 5.91 Å². The number of nitrogen functional groups attached to an aromatic ring is 1. The number of carbonyl (C=O) groups is 1. The molecule has 94 valence electrons. The van der Waals surface area contributed by atoms with E-state index < -0.39 is 6.10 Å². The van der Waals surface area contributed by atoms with Crippen molar-refractivity contribution in [2.75, 3.05) is 18.8 Å². The molecule has 1 aromatic rings. The van der Waals surface area contributed by atoms with E-state index in [4.69, 9.17) is 5.73 Å². The van der Waals surface area contributed by atoms with Gasteiger partial charge in [0.05, 0.1) is 17.5 Å². The molecule has 0 aliphatic carbocycles. The first-order valence-corrected chi connectivity index (χ1v) is 5.77. The summed E-state index contributed by atoms with van der Waals surface area (Å²) in [6.45, 7) is 2.82. The molecule has 0 aromatic carbocycles. The third-order valence-corrected chi connectivity index (χ3v) is 3.15. The summed E-state index contributed by atoms with van der Waals surface area (Å²) < 4.78 is 1.51. The van der Waals surface area contributed by atoms with E-state index in [1.165, 1.54) is 4.68 Å². The molecule has 6 heteroatoms. The lowest BCUT2D eigenvalue weighted by molar-refractivity contribution is 0.0465. The number of nitrogens with zero attached hydrogens (tertiary/aromatic N) is 3. The number of aliphatic hydroxyl groups excluding tert-OH is 1. The first kappa shape index (κ1) is 11.9. The molecule has 2 rings (SSSR count). The van der Waals surface area contributed by atoms with Gasteiger partial charge in [0.15, 0.2) is 0 Å². The molecule has 1 aliphatic rings. The number of hydrogen-bond donors (Lipinski definition) is 2. The van der Waals surface area contributed by atoms with E-state index in [2.05, 4.69) is 5.10 Å². The highest BCUT2D eigenvalue weighted by Gasteiger charge is 2.27. The van der Waals surface area contributed by atoms with Gasteiger partial charge in [-0.15, -0.1) is 0 Å². The van der Waals surface area contributed by atoms with Gasteiger partial charge in [-0.25, -0.2) is 0 Å². The summed E-state index contributed by atoms with van der Waals surface area (Å²) in [5, 5.41) is 13.7. The second-order valence-corrected chi connectivity index (χ2v) is 4.52. The summed E-state index contributed by atoms with van der Waals surface area (Å²) in [7, 11) is 1.71. The minimum absolute atomic E-state index is 0.149. The third kappa shape index (κ3) is 2.12. The van der Waals surface area contributed by atoms with E-state index >= 15 is 0 Å². The Morgan fingerprint density at radius 1 is 1.59 bits per heavy atom. The van der Waals surface area contributed by atoms with Crippen LogP contribution in [0.5, 0.6) is 0 Å². The lowest BCUT2D eigenvalue weighted by atomic mass is 10.1. The maximum atomic E-state index is 12.3. The zero-order chi connectivity index (χ0) is 12.6. The summed E-state index contributed by atoms with van der Waals surface area (Å²) in [6.07, 6.45) is 1.15. The Morgan fingerprint density at radius 2 is 2.29 bits per heavy atom. The molecule has 1 fully saturated rings. The lowest BCUT2D eigenvalue weighted by Crippen LogP contribution is -2.43. The Kier molecular flexibility index (Phi) is 3.06. The minimum atomic E-state index is -0.428. The number of piperidine rings is 1. The molecular formula is C11H18N4O2. The fourth-order valence-corrected chi connectivity index (χ4v) is 2.22. The van der Waals surface area contributed by atoms with Gasteiger partial charge in [-0.1, -0.05) is 0 Å². The van der Waals surface area contributed by atoms with Crippen LogP contribution in [0.4, 0.5) is 5.69 Å². The van der Waals surface area contributed by atoms with E-state index in [0.717, 1.165) is 12.8 Å². The van der Waals surface area contributed by atoms with Gasteiger partial charge in [-0.05, 0) is 19.8 Å². The average molecular weight is 238 g/mol. The minimum Gasteiger partial charge on any atom is -0.395 e. The monoisotopic (exact) mass is 238 g/mol. The molecule has 1 unspecified atom stereocenters. The van der Waals surface area contributed by atoms with Gasteiger partial charge in [0.1, 0.15) is 5.69 Å². The summed E-state index contributed by atoms with van der Waals surface area (Å²) in [4.78, 5) is 13.9. The number of carbonyl (C=O) groups excluding carboxylic acids is 1. The Hall–Kier alpha value is -1.56. The fourth-order valence-electron chi connectivity index (χ4n) is 2.22. The molecule has 1 aliphatic heterocycles. The molecule has 3 N–H and O–H groups in total. The number of aromatic nitrogens is 2. The normalized spacial score (nSPS) is 20.6. The number of aryl methyl sites for hydroxylation is 2. The van der Waals surface area contributed by atoms with E-state index in [1.54, 1.807) is 18.9 Å². The van der Waals surface area contributed by atoms with Crippen molar-refractivity contribution in [3.05, 3.63) is 11.4 Å². The number of β-amino-alcohol motifs (C(OH)–C–C–N with tert-alkyl or cyclic N) is 1. The Bertz CT molecular complexity index is 441. The second kappa shape index (κ2) is 4.37. The van der Waals surface area contributed by atoms with E-state index in [9.17, 15) is 9.90 Å². The maximum Gasteiger partial charge on any atom is 0.274 e. The van der Waals surface area contributed by atoms with Crippen molar-refractivity contribution >= 4 is 11.6 Å². The molecule has 0 saturated carbocycles. The topological polar surface area (TPSA) is 84.4 Å². The van der Waals surface area contributed by atoms with Crippen molar-refractivity contribution in [1.29, 1.82) is 0 Å². The van der Waals surface area contributed by atoms with Crippen LogP contribution in [0.3, 0.4) is 0 Å². The van der Waals surface area contributed by atoms with E-state index in [-0.39, 0.29) is 5.91 Å². The Balaban J connectivity index is 2.24. The van der Waals surface area contributed by atoms with Gasteiger partial charge in [-0.3, -0.25) is 9.48 Å². The van der Waals surface area contributed by atoms with Crippen molar-refractivity contribution in [1.82, 2.24) is 14.7 Å². The molecule has 1 amide bonds. The Labute approximate surface area is 100 Å². The Morgan fingerprint density at radius 3 is 2.82 bits per heavy atom. The van der Waals surface area contributed by atoms with Crippen LogP contribution in [0, 0.1) is 6.92 Å². The number of aliphatic hydroxyl groups is 1. The largest absolute Gasteiger partial charge is 0.395 e. The predicted molar refractivity (Wildman–Crippen MR) is 63.5 cm³/mol.